The highest BCUT2D eigenvalue weighted by Crippen LogP contribution is 2.23. The van der Waals surface area contributed by atoms with E-state index in [0.29, 0.717) is 5.69 Å². The molecule has 0 unspecified atom stereocenters. The smallest absolute Gasteiger partial charge is 0.411 e. The molecule has 0 spiro atoms. The monoisotopic (exact) mass is 272 g/mol. The summed E-state index contributed by atoms with van der Waals surface area (Å²) in [5.74, 6) is 0. The van der Waals surface area contributed by atoms with Crippen molar-refractivity contribution >= 4 is 11.8 Å². The Morgan fingerprint density at radius 2 is 1.80 bits per heavy atom. The molecule has 1 aromatic heterocycles. The van der Waals surface area contributed by atoms with Crippen LogP contribution in [0.5, 0.6) is 0 Å². The van der Waals surface area contributed by atoms with Crippen LogP contribution < -0.4 is 5.32 Å². The molecule has 0 saturated carbocycles. The van der Waals surface area contributed by atoms with Crippen LogP contribution in [0.15, 0.2) is 42.6 Å². The average Bonchev–Trinajstić information content (AvgIpc) is 2.50. The van der Waals surface area contributed by atoms with E-state index in [4.69, 9.17) is 0 Å². The number of pyridine rings is 1. The molecule has 1 heterocycles. The molecule has 0 aliphatic carbocycles. The lowest BCUT2D eigenvalue weighted by Gasteiger charge is -2.07. The number of ether oxygens (including phenoxy) is 1. The number of carbonyl (C=O) groups excluding carboxylic acids is 1. The summed E-state index contributed by atoms with van der Waals surface area (Å²) in [5.41, 5.74) is 3.83. The van der Waals surface area contributed by atoms with Crippen molar-refractivity contribution < 1.29 is 9.53 Å². The van der Waals surface area contributed by atoms with E-state index in [1.165, 1.54) is 7.11 Å². The van der Waals surface area contributed by atoms with Crippen molar-refractivity contribution in [3.8, 4) is 11.1 Å². The molecule has 4 nitrogen and oxygen atoms in total. The first-order chi connectivity index (χ1) is 9.70. The third-order valence-electron chi connectivity index (χ3n) is 2.63. The summed E-state index contributed by atoms with van der Waals surface area (Å²) in [6.07, 6.45) is 1.30. The summed E-state index contributed by atoms with van der Waals surface area (Å²) in [4.78, 5) is 15.3. The van der Waals surface area contributed by atoms with Gasteiger partial charge in [-0.2, -0.15) is 0 Å². The second-order valence-corrected chi connectivity index (χ2v) is 3.83. The van der Waals surface area contributed by atoms with Crippen LogP contribution in [0.4, 0.5) is 10.5 Å². The number of aromatic nitrogens is 1. The normalized spacial score (nSPS) is 9.20. The molecule has 0 bridgehead atoms. The van der Waals surface area contributed by atoms with E-state index >= 15 is 0 Å². The van der Waals surface area contributed by atoms with Crippen molar-refractivity contribution in [2.75, 3.05) is 12.4 Å². The van der Waals surface area contributed by atoms with Crippen LogP contribution in [0.2, 0.25) is 0 Å². The molecule has 0 aliphatic rings. The molecule has 0 radical (unpaired) electrons. The summed E-state index contributed by atoms with van der Waals surface area (Å²) < 4.78 is 4.53. The summed E-state index contributed by atoms with van der Waals surface area (Å²) in [5, 5.41) is 2.61. The van der Waals surface area contributed by atoms with Crippen LogP contribution in [0, 0.1) is 6.92 Å². The van der Waals surface area contributed by atoms with Gasteiger partial charge in [-0.3, -0.25) is 10.3 Å². The lowest BCUT2D eigenvalue weighted by atomic mass is 10.0. The van der Waals surface area contributed by atoms with E-state index in [0.717, 1.165) is 16.8 Å². The molecule has 0 aliphatic heterocycles. The van der Waals surface area contributed by atoms with Crippen LogP contribution in [-0.2, 0) is 4.74 Å². The number of hydrogen-bond donors (Lipinski definition) is 1. The number of nitrogens with zero attached hydrogens (tertiary/aromatic N) is 1. The molecule has 20 heavy (non-hydrogen) atoms. The van der Waals surface area contributed by atoms with Gasteiger partial charge in [0.25, 0.3) is 0 Å². The van der Waals surface area contributed by atoms with E-state index in [1.807, 2.05) is 57.2 Å². The molecule has 1 amide bonds. The number of benzene rings is 1. The van der Waals surface area contributed by atoms with Crippen molar-refractivity contribution in [2.24, 2.45) is 0 Å². The first kappa shape index (κ1) is 15.7. The van der Waals surface area contributed by atoms with Crippen LogP contribution in [0.3, 0.4) is 0 Å². The Morgan fingerprint density at radius 3 is 2.35 bits per heavy atom. The zero-order chi connectivity index (χ0) is 15.0. The van der Waals surface area contributed by atoms with Crippen LogP contribution >= 0.6 is 0 Å². The number of rotatable bonds is 2. The standard InChI is InChI=1S/C14H14N2O2.C2H6/c1-10-13(4-3-9-15-10)11-5-7-12(8-6-11)16-14(17)18-2;1-2/h3-9H,1-2H3,(H,16,17);1-2H3. The predicted molar refractivity (Wildman–Crippen MR) is 81.8 cm³/mol. The molecule has 0 fully saturated rings. The van der Waals surface area contributed by atoms with Gasteiger partial charge >= 0.3 is 6.09 Å². The maximum absolute atomic E-state index is 11.0. The number of amides is 1. The van der Waals surface area contributed by atoms with Crippen LogP contribution in [0.25, 0.3) is 11.1 Å². The summed E-state index contributed by atoms with van der Waals surface area (Å²) in [7, 11) is 1.34. The summed E-state index contributed by atoms with van der Waals surface area (Å²) in [6, 6.07) is 11.5. The van der Waals surface area contributed by atoms with Crippen molar-refractivity contribution in [3.05, 3.63) is 48.3 Å². The number of nitrogens with one attached hydrogen (secondary N) is 1. The molecule has 2 rings (SSSR count). The van der Waals surface area contributed by atoms with Gasteiger partial charge in [-0.25, -0.2) is 4.79 Å². The third-order valence-corrected chi connectivity index (χ3v) is 2.63. The van der Waals surface area contributed by atoms with Gasteiger partial charge in [-0.1, -0.05) is 32.0 Å². The van der Waals surface area contributed by atoms with Crippen molar-refractivity contribution in [1.29, 1.82) is 0 Å². The Bertz CT molecular complexity index is 551. The Kier molecular flexibility index (Phi) is 6.23. The quantitative estimate of drug-likeness (QED) is 0.888. The first-order valence-electron chi connectivity index (χ1n) is 6.58. The second-order valence-electron chi connectivity index (χ2n) is 3.83. The zero-order valence-electron chi connectivity index (χ0n) is 12.3. The molecule has 0 atom stereocenters. The largest absolute Gasteiger partial charge is 0.453 e. The van der Waals surface area contributed by atoms with E-state index in [2.05, 4.69) is 15.0 Å². The Labute approximate surface area is 119 Å². The minimum absolute atomic E-state index is 0.472. The maximum atomic E-state index is 11.0. The molecule has 106 valence electrons. The van der Waals surface area contributed by atoms with E-state index in [-0.39, 0.29) is 0 Å². The first-order valence-corrected chi connectivity index (χ1v) is 6.58. The second kappa shape index (κ2) is 7.94. The minimum Gasteiger partial charge on any atom is -0.453 e. The maximum Gasteiger partial charge on any atom is 0.411 e. The predicted octanol–water partition coefficient (Wildman–Crippen LogP) is 4.26. The Morgan fingerprint density at radius 1 is 1.15 bits per heavy atom. The van der Waals surface area contributed by atoms with Crippen molar-refractivity contribution in [3.63, 3.8) is 0 Å². The lowest BCUT2D eigenvalue weighted by molar-refractivity contribution is 0.187. The highest BCUT2D eigenvalue weighted by atomic mass is 16.5. The number of carbonyl (C=O) groups is 1. The molecular weight excluding hydrogens is 252 g/mol. The minimum atomic E-state index is -0.472. The molecule has 2 aromatic rings. The highest BCUT2D eigenvalue weighted by molar-refractivity contribution is 5.85. The fraction of sp³-hybridized carbons (Fsp3) is 0.250. The fourth-order valence-electron chi connectivity index (χ4n) is 1.69. The molecular formula is C16H20N2O2. The van der Waals surface area contributed by atoms with Crippen molar-refractivity contribution in [1.82, 2.24) is 4.98 Å². The van der Waals surface area contributed by atoms with Gasteiger partial charge in [-0.15, -0.1) is 0 Å². The molecule has 4 heteroatoms. The van der Waals surface area contributed by atoms with Gasteiger partial charge in [-0.05, 0) is 30.7 Å². The average molecular weight is 272 g/mol. The van der Waals surface area contributed by atoms with Gasteiger partial charge in [0.1, 0.15) is 0 Å². The van der Waals surface area contributed by atoms with E-state index in [9.17, 15) is 4.79 Å². The van der Waals surface area contributed by atoms with Gasteiger partial charge in [0.15, 0.2) is 0 Å². The highest BCUT2D eigenvalue weighted by Gasteiger charge is 2.03. The number of aryl methyl sites for hydroxylation is 1. The van der Waals surface area contributed by atoms with Gasteiger partial charge in [0.05, 0.1) is 7.11 Å². The summed E-state index contributed by atoms with van der Waals surface area (Å²) >= 11 is 0. The van der Waals surface area contributed by atoms with E-state index in [1.54, 1.807) is 6.20 Å². The SMILES string of the molecule is CC.COC(=O)Nc1ccc(-c2cccnc2C)cc1. The number of anilines is 1. The van der Waals surface area contributed by atoms with Gasteiger partial charge in [0.2, 0.25) is 0 Å². The molecule has 1 aromatic carbocycles. The van der Waals surface area contributed by atoms with Crippen molar-refractivity contribution in [2.45, 2.75) is 20.8 Å². The van der Waals surface area contributed by atoms with Gasteiger partial charge < -0.3 is 4.74 Å². The van der Waals surface area contributed by atoms with Crippen LogP contribution in [0.1, 0.15) is 19.5 Å². The number of hydrogen-bond acceptors (Lipinski definition) is 3. The Balaban J connectivity index is 0.000000956. The summed E-state index contributed by atoms with van der Waals surface area (Å²) in [6.45, 7) is 5.97. The molecule has 1 N–H and O–H groups in total. The van der Waals surface area contributed by atoms with Gasteiger partial charge in [0, 0.05) is 23.1 Å². The Hall–Kier alpha value is -2.36. The molecule has 0 saturated heterocycles. The fourth-order valence-corrected chi connectivity index (χ4v) is 1.69. The third kappa shape index (κ3) is 4.09. The van der Waals surface area contributed by atoms with E-state index < -0.39 is 6.09 Å². The topological polar surface area (TPSA) is 51.2 Å². The number of methoxy groups -OCH3 is 1. The van der Waals surface area contributed by atoms with Crippen LogP contribution in [-0.4, -0.2) is 18.2 Å². The zero-order valence-corrected chi connectivity index (χ0v) is 12.3. The lowest BCUT2D eigenvalue weighted by Crippen LogP contribution is -2.10.